The van der Waals surface area contributed by atoms with Crippen molar-refractivity contribution < 1.29 is 9.00 Å². The highest BCUT2D eigenvalue weighted by molar-refractivity contribution is 8.19. The molecule has 0 saturated carbocycles. The summed E-state index contributed by atoms with van der Waals surface area (Å²) in [6, 6.07) is 0. The molecule has 0 N–H and O–H groups in total. The maximum absolute atomic E-state index is 11.0. The average Bonchev–Trinajstić information content (AvgIpc) is 2.15. The predicted molar refractivity (Wildman–Crippen MR) is 44.2 cm³/mol. The largest absolute Gasteiger partial charge is 0.295 e. The van der Waals surface area contributed by atoms with Gasteiger partial charge in [-0.1, -0.05) is 0 Å². The van der Waals surface area contributed by atoms with E-state index in [1.165, 1.54) is 24.8 Å². The molecule has 0 aromatic rings. The molecule has 0 aromatic carbocycles. The van der Waals surface area contributed by atoms with Gasteiger partial charge in [-0.25, -0.2) is 0 Å². The first-order chi connectivity index (χ1) is 4.70. The first kappa shape index (κ1) is 8.01. The van der Waals surface area contributed by atoms with E-state index in [0.29, 0.717) is 5.75 Å². The molecular formula is C6H8O2S2. The maximum Gasteiger partial charge on any atom is 0.154 e. The van der Waals surface area contributed by atoms with Gasteiger partial charge in [0.25, 0.3) is 0 Å². The minimum Gasteiger partial charge on any atom is -0.295 e. The molecule has 1 unspecified atom stereocenters. The fourth-order valence-electron chi connectivity index (χ4n) is 0.658. The Kier molecular flexibility index (Phi) is 2.68. The van der Waals surface area contributed by atoms with Crippen molar-refractivity contribution in [2.24, 2.45) is 0 Å². The average molecular weight is 176 g/mol. The molecule has 1 aliphatic rings. The van der Waals surface area contributed by atoms with Crippen molar-refractivity contribution in [1.82, 2.24) is 0 Å². The number of allylic oxidation sites excluding steroid dienone is 1. The molecular weight excluding hydrogens is 168 g/mol. The van der Waals surface area contributed by atoms with Gasteiger partial charge in [0.15, 0.2) is 5.78 Å². The third-order valence-corrected chi connectivity index (χ3v) is 4.18. The second-order valence-electron chi connectivity index (χ2n) is 1.97. The lowest BCUT2D eigenvalue weighted by Crippen LogP contribution is -1.90. The van der Waals surface area contributed by atoms with Crippen molar-refractivity contribution >= 4 is 28.3 Å². The smallest absolute Gasteiger partial charge is 0.154 e. The summed E-state index contributed by atoms with van der Waals surface area (Å²) in [5.74, 6) is 1.56. The zero-order chi connectivity index (χ0) is 7.56. The highest BCUT2D eigenvalue weighted by Gasteiger charge is 2.16. The van der Waals surface area contributed by atoms with E-state index < -0.39 is 10.8 Å². The molecule has 10 heavy (non-hydrogen) atoms. The number of carbonyl (C=O) groups excluding carboxylic acids is 1. The number of rotatable bonds is 1. The lowest BCUT2D eigenvalue weighted by atomic mass is 10.5. The van der Waals surface area contributed by atoms with Gasteiger partial charge in [-0.05, 0) is 6.92 Å². The normalized spacial score (nSPS) is 29.3. The lowest BCUT2D eigenvalue weighted by molar-refractivity contribution is -0.112. The molecule has 0 spiro atoms. The molecule has 2 nitrogen and oxygen atoms in total. The quantitative estimate of drug-likeness (QED) is 0.557. The molecule has 1 rings (SSSR count). The first-order valence-electron chi connectivity index (χ1n) is 2.93. The number of thioether (sulfide) groups is 1. The Hall–Kier alpha value is -0.0900. The third kappa shape index (κ3) is 1.95. The Bertz CT molecular complexity index is 208. The SMILES string of the molecule is CC(=O)/C=C1\SCCS1=O. The van der Waals surface area contributed by atoms with Crippen molar-refractivity contribution in [3.63, 3.8) is 0 Å². The molecule has 1 fully saturated rings. The van der Waals surface area contributed by atoms with Crippen molar-refractivity contribution in [2.75, 3.05) is 11.5 Å². The zero-order valence-corrected chi connectivity index (χ0v) is 7.26. The highest BCUT2D eigenvalue weighted by atomic mass is 32.2. The van der Waals surface area contributed by atoms with E-state index in [1.54, 1.807) is 0 Å². The molecule has 0 aromatic heterocycles. The van der Waals surface area contributed by atoms with E-state index in [1.807, 2.05) is 0 Å². The van der Waals surface area contributed by atoms with Crippen LogP contribution in [0.5, 0.6) is 0 Å². The number of hydrogen-bond acceptors (Lipinski definition) is 3. The maximum atomic E-state index is 11.0. The zero-order valence-electron chi connectivity index (χ0n) is 5.62. The van der Waals surface area contributed by atoms with E-state index in [4.69, 9.17) is 0 Å². The van der Waals surface area contributed by atoms with Crippen LogP contribution >= 0.6 is 11.8 Å². The molecule has 4 heteroatoms. The second kappa shape index (κ2) is 3.34. The highest BCUT2D eigenvalue weighted by Crippen LogP contribution is 2.26. The van der Waals surface area contributed by atoms with E-state index in [-0.39, 0.29) is 5.78 Å². The van der Waals surface area contributed by atoms with Crippen molar-refractivity contribution in [3.8, 4) is 0 Å². The molecule has 0 aliphatic carbocycles. The van der Waals surface area contributed by atoms with Gasteiger partial charge in [0.1, 0.15) is 0 Å². The van der Waals surface area contributed by atoms with Crippen LogP contribution in [0, 0.1) is 0 Å². The van der Waals surface area contributed by atoms with E-state index in [0.717, 1.165) is 9.99 Å². The number of hydrogen-bond donors (Lipinski definition) is 0. The second-order valence-corrected chi connectivity index (χ2v) is 4.91. The van der Waals surface area contributed by atoms with E-state index >= 15 is 0 Å². The monoisotopic (exact) mass is 176 g/mol. The van der Waals surface area contributed by atoms with Gasteiger partial charge >= 0.3 is 0 Å². The summed E-state index contributed by atoms with van der Waals surface area (Å²) in [5, 5.41) is 0. The topological polar surface area (TPSA) is 34.1 Å². The van der Waals surface area contributed by atoms with Gasteiger partial charge in [-0.2, -0.15) is 0 Å². The summed E-state index contributed by atoms with van der Waals surface area (Å²) >= 11 is 1.52. The molecule has 1 atom stereocenters. The van der Waals surface area contributed by atoms with Crippen molar-refractivity contribution in [1.29, 1.82) is 0 Å². The summed E-state index contributed by atoms with van der Waals surface area (Å²) in [5.41, 5.74) is 0. The van der Waals surface area contributed by atoms with Crippen LogP contribution in [0.15, 0.2) is 10.3 Å². The fraction of sp³-hybridized carbons (Fsp3) is 0.500. The van der Waals surface area contributed by atoms with Crippen LogP contribution in [0.2, 0.25) is 0 Å². The molecule has 1 heterocycles. The predicted octanol–water partition coefficient (Wildman–Crippen LogP) is 0.912. The Balaban J connectivity index is 2.72. The minimum atomic E-state index is -0.878. The Morgan fingerprint density at radius 1 is 1.80 bits per heavy atom. The Labute approximate surface area is 66.5 Å². The summed E-state index contributed by atoms with van der Waals surface area (Å²) in [7, 11) is -0.878. The van der Waals surface area contributed by atoms with Crippen LogP contribution in [0.3, 0.4) is 0 Å². The minimum absolute atomic E-state index is 0.0160. The third-order valence-electron chi connectivity index (χ3n) is 1.06. The van der Waals surface area contributed by atoms with Gasteiger partial charge in [-0.3, -0.25) is 9.00 Å². The van der Waals surface area contributed by atoms with Crippen LogP contribution in [0.1, 0.15) is 6.92 Å². The Morgan fingerprint density at radius 2 is 2.50 bits per heavy atom. The molecule has 0 bridgehead atoms. The van der Waals surface area contributed by atoms with E-state index in [9.17, 15) is 9.00 Å². The molecule has 0 radical (unpaired) electrons. The molecule has 1 aliphatic heterocycles. The summed E-state index contributed by atoms with van der Waals surface area (Å²) in [6.45, 7) is 1.48. The fourth-order valence-corrected chi connectivity index (χ4v) is 3.57. The number of carbonyl (C=O) groups is 1. The van der Waals surface area contributed by atoms with Crippen LogP contribution in [0.25, 0.3) is 0 Å². The number of ketones is 1. The summed E-state index contributed by atoms with van der Waals surface area (Å²) in [4.78, 5) is 10.5. The summed E-state index contributed by atoms with van der Waals surface area (Å²) < 4.78 is 11.7. The first-order valence-corrected chi connectivity index (χ1v) is 5.24. The van der Waals surface area contributed by atoms with Gasteiger partial charge in [0, 0.05) is 17.6 Å². The van der Waals surface area contributed by atoms with Crippen LogP contribution in [-0.2, 0) is 15.6 Å². The van der Waals surface area contributed by atoms with Crippen molar-refractivity contribution in [3.05, 3.63) is 10.3 Å². The Morgan fingerprint density at radius 3 is 2.90 bits per heavy atom. The summed E-state index contributed by atoms with van der Waals surface area (Å²) in [6.07, 6.45) is 1.47. The standard InChI is InChI=1S/C6H8O2S2/c1-5(7)4-6-9-2-3-10(6)8/h4H,2-3H2,1H3/b6-4+. The van der Waals surface area contributed by atoms with Gasteiger partial charge in [0.2, 0.25) is 0 Å². The van der Waals surface area contributed by atoms with Gasteiger partial charge in [-0.15, -0.1) is 11.8 Å². The van der Waals surface area contributed by atoms with E-state index in [2.05, 4.69) is 0 Å². The molecule has 56 valence electrons. The van der Waals surface area contributed by atoms with Crippen molar-refractivity contribution in [2.45, 2.75) is 6.92 Å². The molecule has 0 amide bonds. The molecule has 1 saturated heterocycles. The van der Waals surface area contributed by atoms with Crippen LogP contribution < -0.4 is 0 Å². The van der Waals surface area contributed by atoms with Crippen LogP contribution in [-0.4, -0.2) is 21.5 Å². The van der Waals surface area contributed by atoms with Gasteiger partial charge in [0.05, 0.1) is 15.0 Å². The lowest BCUT2D eigenvalue weighted by Gasteiger charge is -1.88. The van der Waals surface area contributed by atoms with Crippen LogP contribution in [0.4, 0.5) is 0 Å². The van der Waals surface area contributed by atoms with Gasteiger partial charge < -0.3 is 0 Å².